The SMILES string of the molecule is CCOc1ncccc1C(=O)NCCn1c(C)nc2ccccc21. The summed E-state index contributed by atoms with van der Waals surface area (Å²) in [5.74, 6) is 1.11. The van der Waals surface area contributed by atoms with Crippen LogP contribution in [-0.4, -0.2) is 33.6 Å². The van der Waals surface area contributed by atoms with Crippen molar-refractivity contribution >= 4 is 16.9 Å². The molecule has 2 heterocycles. The van der Waals surface area contributed by atoms with Gasteiger partial charge in [-0.1, -0.05) is 12.1 Å². The van der Waals surface area contributed by atoms with Crippen molar-refractivity contribution in [3.63, 3.8) is 0 Å². The number of amides is 1. The van der Waals surface area contributed by atoms with Crippen LogP contribution in [0.2, 0.25) is 0 Å². The maximum Gasteiger partial charge on any atom is 0.256 e. The van der Waals surface area contributed by atoms with Crippen molar-refractivity contribution in [1.82, 2.24) is 19.9 Å². The Balaban J connectivity index is 1.68. The van der Waals surface area contributed by atoms with Gasteiger partial charge >= 0.3 is 0 Å². The highest BCUT2D eigenvalue weighted by molar-refractivity contribution is 5.96. The van der Waals surface area contributed by atoms with Gasteiger partial charge in [-0.25, -0.2) is 9.97 Å². The van der Waals surface area contributed by atoms with E-state index in [9.17, 15) is 4.79 Å². The highest BCUT2D eigenvalue weighted by Gasteiger charge is 2.13. The lowest BCUT2D eigenvalue weighted by Gasteiger charge is -2.11. The number of benzene rings is 1. The largest absolute Gasteiger partial charge is 0.477 e. The van der Waals surface area contributed by atoms with Gasteiger partial charge < -0.3 is 14.6 Å². The third kappa shape index (κ3) is 3.22. The van der Waals surface area contributed by atoms with Crippen LogP contribution >= 0.6 is 0 Å². The number of carbonyl (C=O) groups is 1. The molecule has 1 N–H and O–H groups in total. The average Bonchev–Trinajstić information content (AvgIpc) is 2.91. The highest BCUT2D eigenvalue weighted by atomic mass is 16.5. The maximum atomic E-state index is 12.4. The zero-order valence-corrected chi connectivity index (χ0v) is 13.8. The highest BCUT2D eigenvalue weighted by Crippen LogP contribution is 2.16. The number of pyridine rings is 1. The molecule has 0 spiro atoms. The van der Waals surface area contributed by atoms with E-state index in [-0.39, 0.29) is 5.91 Å². The summed E-state index contributed by atoms with van der Waals surface area (Å²) in [7, 11) is 0. The van der Waals surface area contributed by atoms with Crippen LogP contribution in [0.15, 0.2) is 42.6 Å². The zero-order valence-electron chi connectivity index (χ0n) is 13.8. The van der Waals surface area contributed by atoms with Crippen molar-refractivity contribution in [2.75, 3.05) is 13.2 Å². The van der Waals surface area contributed by atoms with E-state index in [1.807, 2.05) is 38.1 Å². The molecule has 0 saturated heterocycles. The first kappa shape index (κ1) is 16.0. The predicted molar refractivity (Wildman–Crippen MR) is 92.2 cm³/mol. The summed E-state index contributed by atoms with van der Waals surface area (Å²) in [6, 6.07) is 11.4. The van der Waals surface area contributed by atoms with Crippen LogP contribution in [0.3, 0.4) is 0 Å². The van der Waals surface area contributed by atoms with Gasteiger partial charge in [-0.15, -0.1) is 0 Å². The molecule has 0 atom stereocenters. The van der Waals surface area contributed by atoms with Crippen molar-refractivity contribution < 1.29 is 9.53 Å². The minimum absolute atomic E-state index is 0.186. The number of ether oxygens (including phenoxy) is 1. The van der Waals surface area contributed by atoms with Gasteiger partial charge in [0.25, 0.3) is 5.91 Å². The summed E-state index contributed by atoms with van der Waals surface area (Å²) in [4.78, 5) is 21.0. The Morgan fingerprint density at radius 3 is 2.92 bits per heavy atom. The first-order valence-corrected chi connectivity index (χ1v) is 7.98. The Hall–Kier alpha value is -2.89. The summed E-state index contributed by atoms with van der Waals surface area (Å²) in [6.07, 6.45) is 1.61. The Kier molecular flexibility index (Phi) is 4.74. The molecule has 0 saturated carbocycles. The third-order valence-electron chi connectivity index (χ3n) is 3.76. The topological polar surface area (TPSA) is 69.0 Å². The standard InChI is InChI=1S/C18H20N4O2/c1-3-24-18-14(7-6-10-20-18)17(23)19-11-12-22-13(2)21-15-8-4-5-9-16(15)22/h4-10H,3,11-12H2,1-2H3,(H,19,23). The Bertz CT molecular complexity index is 857. The number of carbonyl (C=O) groups excluding carboxylic acids is 1. The molecular formula is C18H20N4O2. The number of nitrogens with zero attached hydrogens (tertiary/aromatic N) is 3. The quantitative estimate of drug-likeness (QED) is 0.756. The number of rotatable bonds is 6. The molecule has 1 aromatic carbocycles. The van der Waals surface area contributed by atoms with Crippen molar-refractivity contribution in [2.45, 2.75) is 20.4 Å². The second kappa shape index (κ2) is 7.12. The lowest BCUT2D eigenvalue weighted by molar-refractivity contribution is 0.0947. The van der Waals surface area contributed by atoms with Gasteiger partial charge in [-0.2, -0.15) is 0 Å². The number of fused-ring (bicyclic) bond motifs is 1. The molecule has 6 heteroatoms. The third-order valence-corrected chi connectivity index (χ3v) is 3.76. The molecule has 0 bridgehead atoms. The molecule has 0 unspecified atom stereocenters. The van der Waals surface area contributed by atoms with Gasteiger partial charge in [0.15, 0.2) is 0 Å². The predicted octanol–water partition coefficient (Wildman–Crippen LogP) is 2.57. The van der Waals surface area contributed by atoms with Gasteiger partial charge in [-0.05, 0) is 38.1 Å². The normalized spacial score (nSPS) is 10.8. The second-order valence-electron chi connectivity index (χ2n) is 5.34. The Morgan fingerprint density at radius 1 is 1.25 bits per heavy atom. The van der Waals surface area contributed by atoms with Gasteiger partial charge in [0, 0.05) is 19.3 Å². The molecule has 3 rings (SSSR count). The minimum Gasteiger partial charge on any atom is -0.477 e. The van der Waals surface area contributed by atoms with Crippen LogP contribution in [0.4, 0.5) is 0 Å². The molecule has 0 aliphatic rings. The van der Waals surface area contributed by atoms with Gasteiger partial charge in [-0.3, -0.25) is 4.79 Å². The minimum atomic E-state index is -0.186. The molecule has 6 nitrogen and oxygen atoms in total. The molecule has 0 fully saturated rings. The summed E-state index contributed by atoms with van der Waals surface area (Å²) in [5, 5.41) is 2.92. The molecule has 0 aliphatic heterocycles. The molecule has 0 radical (unpaired) electrons. The Morgan fingerprint density at radius 2 is 2.08 bits per heavy atom. The van der Waals surface area contributed by atoms with Crippen LogP contribution in [0.25, 0.3) is 11.0 Å². The number of imidazole rings is 1. The number of hydrogen-bond donors (Lipinski definition) is 1. The van der Waals surface area contributed by atoms with Crippen molar-refractivity contribution in [2.24, 2.45) is 0 Å². The van der Waals surface area contributed by atoms with Crippen LogP contribution in [-0.2, 0) is 6.54 Å². The van der Waals surface area contributed by atoms with E-state index in [1.54, 1.807) is 18.3 Å². The molecular weight excluding hydrogens is 304 g/mol. The molecule has 2 aromatic heterocycles. The number of hydrogen-bond acceptors (Lipinski definition) is 4. The fourth-order valence-electron chi connectivity index (χ4n) is 2.67. The van der Waals surface area contributed by atoms with E-state index in [0.717, 1.165) is 16.9 Å². The smallest absolute Gasteiger partial charge is 0.256 e. The molecule has 124 valence electrons. The fourth-order valence-corrected chi connectivity index (χ4v) is 2.67. The fraction of sp³-hybridized carbons (Fsp3) is 0.278. The molecule has 3 aromatic rings. The van der Waals surface area contributed by atoms with E-state index in [0.29, 0.717) is 31.1 Å². The number of nitrogens with one attached hydrogen (secondary N) is 1. The average molecular weight is 324 g/mol. The van der Waals surface area contributed by atoms with Crippen molar-refractivity contribution in [3.05, 3.63) is 54.0 Å². The van der Waals surface area contributed by atoms with E-state index in [2.05, 4.69) is 19.9 Å². The van der Waals surface area contributed by atoms with Gasteiger partial charge in [0.2, 0.25) is 5.88 Å². The molecule has 0 aliphatic carbocycles. The van der Waals surface area contributed by atoms with Crippen LogP contribution in [0, 0.1) is 6.92 Å². The van der Waals surface area contributed by atoms with E-state index in [1.165, 1.54) is 0 Å². The Labute approximate surface area is 140 Å². The van der Waals surface area contributed by atoms with Crippen molar-refractivity contribution in [3.8, 4) is 5.88 Å². The van der Waals surface area contributed by atoms with E-state index in [4.69, 9.17) is 4.74 Å². The second-order valence-corrected chi connectivity index (χ2v) is 5.34. The van der Waals surface area contributed by atoms with E-state index < -0.39 is 0 Å². The number of aryl methyl sites for hydroxylation is 1. The van der Waals surface area contributed by atoms with Gasteiger partial charge in [0.1, 0.15) is 11.4 Å². The number of para-hydroxylation sites is 2. The lowest BCUT2D eigenvalue weighted by Crippen LogP contribution is -2.28. The number of aromatic nitrogens is 3. The summed E-state index contributed by atoms with van der Waals surface area (Å²) in [5.41, 5.74) is 2.49. The molecule has 1 amide bonds. The monoisotopic (exact) mass is 324 g/mol. The van der Waals surface area contributed by atoms with Crippen molar-refractivity contribution in [1.29, 1.82) is 0 Å². The zero-order chi connectivity index (χ0) is 16.9. The summed E-state index contributed by atoms with van der Waals surface area (Å²) >= 11 is 0. The van der Waals surface area contributed by atoms with Crippen LogP contribution in [0.1, 0.15) is 23.1 Å². The summed E-state index contributed by atoms with van der Waals surface area (Å²) < 4.78 is 7.50. The summed E-state index contributed by atoms with van der Waals surface area (Å²) in [6.45, 7) is 5.46. The first-order chi connectivity index (χ1) is 11.7. The van der Waals surface area contributed by atoms with E-state index >= 15 is 0 Å². The first-order valence-electron chi connectivity index (χ1n) is 7.98. The van der Waals surface area contributed by atoms with Gasteiger partial charge in [0.05, 0.1) is 17.6 Å². The van der Waals surface area contributed by atoms with Crippen LogP contribution in [0.5, 0.6) is 5.88 Å². The lowest BCUT2D eigenvalue weighted by atomic mass is 10.2. The molecule has 24 heavy (non-hydrogen) atoms. The maximum absolute atomic E-state index is 12.4. The van der Waals surface area contributed by atoms with Crippen LogP contribution < -0.4 is 10.1 Å².